The van der Waals surface area contributed by atoms with E-state index in [0.717, 1.165) is 0 Å². The summed E-state index contributed by atoms with van der Waals surface area (Å²) >= 11 is 0. The summed E-state index contributed by atoms with van der Waals surface area (Å²) in [5, 5.41) is 13.5. The van der Waals surface area contributed by atoms with Crippen LogP contribution < -0.4 is 22.1 Å². The lowest BCUT2D eigenvalue weighted by atomic mass is 10.0. The highest BCUT2D eigenvalue weighted by molar-refractivity contribution is 5.89. The van der Waals surface area contributed by atoms with Crippen LogP contribution in [0.1, 0.15) is 26.7 Å². The minimum absolute atomic E-state index is 0.0325. The van der Waals surface area contributed by atoms with Gasteiger partial charge >= 0.3 is 5.97 Å². The first-order valence-electron chi connectivity index (χ1n) is 6.49. The second-order valence-electron chi connectivity index (χ2n) is 4.96. The Morgan fingerprint density at radius 3 is 2.19 bits per heavy atom. The third-order valence-electron chi connectivity index (χ3n) is 2.71. The van der Waals surface area contributed by atoms with E-state index in [0.29, 0.717) is 0 Å². The van der Waals surface area contributed by atoms with Gasteiger partial charge in [-0.25, -0.2) is 4.79 Å². The molecule has 0 saturated heterocycles. The van der Waals surface area contributed by atoms with Gasteiger partial charge in [0.25, 0.3) is 0 Å². The molecule has 9 nitrogen and oxygen atoms in total. The Morgan fingerprint density at radius 1 is 1.19 bits per heavy atom. The Morgan fingerprint density at radius 2 is 1.76 bits per heavy atom. The highest BCUT2D eigenvalue weighted by Crippen LogP contribution is 2.01. The lowest BCUT2D eigenvalue weighted by Gasteiger charge is -2.18. The van der Waals surface area contributed by atoms with E-state index in [2.05, 4.69) is 10.6 Å². The lowest BCUT2D eigenvalue weighted by Crippen LogP contribution is -2.50. The number of nitrogens with one attached hydrogen (secondary N) is 2. The highest BCUT2D eigenvalue weighted by atomic mass is 16.4. The molecule has 0 aromatic heterocycles. The molecule has 0 aromatic rings. The summed E-state index contributed by atoms with van der Waals surface area (Å²) < 4.78 is 0. The van der Waals surface area contributed by atoms with Crippen molar-refractivity contribution >= 4 is 23.7 Å². The van der Waals surface area contributed by atoms with Crippen LogP contribution in [0.5, 0.6) is 0 Å². The third kappa shape index (κ3) is 7.88. The van der Waals surface area contributed by atoms with Crippen LogP contribution in [-0.2, 0) is 19.2 Å². The second-order valence-corrected chi connectivity index (χ2v) is 4.96. The van der Waals surface area contributed by atoms with E-state index in [1.165, 1.54) is 0 Å². The van der Waals surface area contributed by atoms with Crippen LogP contribution >= 0.6 is 0 Å². The normalized spacial score (nSPS) is 13.3. The van der Waals surface area contributed by atoms with Gasteiger partial charge in [-0.05, 0) is 12.3 Å². The Hall–Kier alpha value is -2.16. The Bertz CT molecular complexity index is 410. The smallest absolute Gasteiger partial charge is 0.326 e. The number of rotatable bonds is 9. The summed E-state index contributed by atoms with van der Waals surface area (Å²) in [6.45, 7) is 2.91. The van der Waals surface area contributed by atoms with E-state index in [1.54, 1.807) is 13.8 Å². The van der Waals surface area contributed by atoms with Gasteiger partial charge in [0.2, 0.25) is 17.7 Å². The molecule has 0 rings (SSSR count). The molecule has 7 N–H and O–H groups in total. The second kappa shape index (κ2) is 8.90. The van der Waals surface area contributed by atoms with Crippen molar-refractivity contribution in [2.24, 2.45) is 17.4 Å². The number of carbonyl (C=O) groups excluding carboxylic acids is 3. The average Bonchev–Trinajstić information content (AvgIpc) is 2.38. The molecule has 0 spiro atoms. The minimum Gasteiger partial charge on any atom is -0.480 e. The van der Waals surface area contributed by atoms with Crippen LogP contribution in [0.2, 0.25) is 0 Å². The summed E-state index contributed by atoms with van der Waals surface area (Å²) in [4.78, 5) is 44.5. The fourth-order valence-corrected chi connectivity index (χ4v) is 1.47. The van der Waals surface area contributed by atoms with Gasteiger partial charge in [-0.3, -0.25) is 14.4 Å². The van der Waals surface area contributed by atoms with E-state index in [1.807, 2.05) is 0 Å². The topological polar surface area (TPSA) is 165 Å². The first-order valence-corrected chi connectivity index (χ1v) is 6.49. The lowest BCUT2D eigenvalue weighted by molar-refractivity contribution is -0.143. The molecular weight excluding hydrogens is 280 g/mol. The molecule has 9 heteroatoms. The molecule has 21 heavy (non-hydrogen) atoms. The maximum absolute atomic E-state index is 11.6. The molecule has 120 valence electrons. The zero-order valence-electron chi connectivity index (χ0n) is 12.1. The summed E-state index contributed by atoms with van der Waals surface area (Å²) in [6, 6.07) is -1.98. The van der Waals surface area contributed by atoms with Crippen LogP contribution in [0.25, 0.3) is 0 Å². The zero-order chi connectivity index (χ0) is 16.6. The van der Waals surface area contributed by atoms with Crippen LogP contribution in [0.15, 0.2) is 0 Å². The molecule has 3 amide bonds. The van der Waals surface area contributed by atoms with Crippen molar-refractivity contribution in [1.29, 1.82) is 0 Å². The highest BCUT2D eigenvalue weighted by Gasteiger charge is 2.23. The standard InChI is InChI=1S/C12H22N4O5/c1-6(2)10(12(20)21)16-9(18)5-15-11(19)7(13)3-4-8(14)17/h6-7,10H,3-5,13H2,1-2H3,(H2,14,17)(H,15,19)(H,16,18)(H,20,21)/t7-,10-/m0/s1. The Labute approximate surface area is 122 Å². The predicted octanol–water partition coefficient (Wildman–Crippen LogP) is -2.08. The van der Waals surface area contributed by atoms with Crippen LogP contribution in [0.4, 0.5) is 0 Å². The third-order valence-corrected chi connectivity index (χ3v) is 2.71. The summed E-state index contributed by atoms with van der Waals surface area (Å²) in [7, 11) is 0. The SMILES string of the molecule is CC(C)[C@H](NC(=O)CNC(=O)[C@@H](N)CCC(N)=O)C(=O)O. The first kappa shape index (κ1) is 18.8. The molecule has 0 heterocycles. The molecule has 0 unspecified atom stereocenters. The fraction of sp³-hybridized carbons (Fsp3) is 0.667. The zero-order valence-corrected chi connectivity index (χ0v) is 12.1. The van der Waals surface area contributed by atoms with E-state index in [-0.39, 0.29) is 25.3 Å². The van der Waals surface area contributed by atoms with Crippen molar-refractivity contribution in [2.75, 3.05) is 6.54 Å². The number of hydrogen-bond acceptors (Lipinski definition) is 5. The van der Waals surface area contributed by atoms with Crippen molar-refractivity contribution in [3.63, 3.8) is 0 Å². The van der Waals surface area contributed by atoms with Gasteiger partial charge in [0.1, 0.15) is 6.04 Å². The molecule has 0 aliphatic rings. The van der Waals surface area contributed by atoms with Gasteiger partial charge in [0, 0.05) is 6.42 Å². The van der Waals surface area contributed by atoms with E-state index in [4.69, 9.17) is 16.6 Å². The number of nitrogens with two attached hydrogens (primary N) is 2. The largest absolute Gasteiger partial charge is 0.480 e. The van der Waals surface area contributed by atoms with E-state index in [9.17, 15) is 19.2 Å². The molecule has 0 aromatic carbocycles. The van der Waals surface area contributed by atoms with Crippen molar-refractivity contribution < 1.29 is 24.3 Å². The van der Waals surface area contributed by atoms with Crippen molar-refractivity contribution in [3.05, 3.63) is 0 Å². The van der Waals surface area contributed by atoms with E-state index >= 15 is 0 Å². The number of hydrogen-bond donors (Lipinski definition) is 5. The number of amides is 3. The molecule has 0 bridgehead atoms. The van der Waals surface area contributed by atoms with Gasteiger partial charge < -0.3 is 27.2 Å². The molecule has 0 aliphatic heterocycles. The monoisotopic (exact) mass is 302 g/mol. The average molecular weight is 302 g/mol. The van der Waals surface area contributed by atoms with Crippen LogP contribution in [0.3, 0.4) is 0 Å². The number of carboxylic acid groups (broad SMARTS) is 1. The van der Waals surface area contributed by atoms with Crippen molar-refractivity contribution in [2.45, 2.75) is 38.8 Å². The number of carboxylic acids is 1. The van der Waals surface area contributed by atoms with Crippen molar-refractivity contribution in [3.8, 4) is 0 Å². The maximum atomic E-state index is 11.6. The van der Waals surface area contributed by atoms with Gasteiger partial charge in [-0.1, -0.05) is 13.8 Å². The van der Waals surface area contributed by atoms with Crippen LogP contribution in [0, 0.1) is 5.92 Å². The fourth-order valence-electron chi connectivity index (χ4n) is 1.47. The summed E-state index contributed by atoms with van der Waals surface area (Å²) in [5.74, 6) is -3.26. The van der Waals surface area contributed by atoms with Gasteiger partial charge in [0.15, 0.2) is 0 Å². The minimum atomic E-state index is -1.15. The molecular formula is C12H22N4O5. The number of aliphatic carboxylic acids is 1. The Kier molecular flexibility index (Phi) is 7.99. The number of carbonyl (C=O) groups is 4. The maximum Gasteiger partial charge on any atom is 0.326 e. The van der Waals surface area contributed by atoms with E-state index < -0.39 is 35.8 Å². The molecule has 2 atom stereocenters. The van der Waals surface area contributed by atoms with Gasteiger partial charge in [-0.15, -0.1) is 0 Å². The summed E-state index contributed by atoms with van der Waals surface area (Å²) in [6.07, 6.45) is 0.0434. The number of primary amides is 1. The van der Waals surface area contributed by atoms with Crippen molar-refractivity contribution in [1.82, 2.24) is 10.6 Å². The molecule has 0 saturated carbocycles. The molecule has 0 radical (unpaired) electrons. The van der Waals surface area contributed by atoms with Gasteiger partial charge in [-0.2, -0.15) is 0 Å². The predicted molar refractivity (Wildman–Crippen MR) is 73.8 cm³/mol. The summed E-state index contributed by atoms with van der Waals surface area (Å²) in [5.41, 5.74) is 10.4. The van der Waals surface area contributed by atoms with Gasteiger partial charge in [0.05, 0.1) is 12.6 Å². The first-order chi connectivity index (χ1) is 9.65. The van der Waals surface area contributed by atoms with Crippen LogP contribution in [-0.4, -0.2) is 47.4 Å². The Balaban J connectivity index is 4.20. The quantitative estimate of drug-likeness (QED) is 0.328. The molecule has 0 fully saturated rings. The molecule has 0 aliphatic carbocycles.